The van der Waals surface area contributed by atoms with Crippen molar-refractivity contribution in [2.24, 2.45) is 0 Å². The molecule has 0 radical (unpaired) electrons. The molecule has 19 heavy (non-hydrogen) atoms. The second-order valence-electron chi connectivity index (χ2n) is 5.19. The standard InChI is InChI=1S/C14H18N2O2S/c1-3-14(7-4-8-14)16-19(17,18)13-6-5-12(10-15)9-11(13)2/h5-6,9,16H,3-4,7-8H2,1-2H3. The van der Waals surface area contributed by atoms with Crippen LogP contribution in [-0.4, -0.2) is 14.0 Å². The molecule has 0 aromatic heterocycles. The van der Waals surface area contributed by atoms with Crippen LogP contribution < -0.4 is 4.72 Å². The number of benzene rings is 1. The SMILES string of the molecule is CCC1(NS(=O)(=O)c2ccc(C#N)cc2C)CCC1. The second kappa shape index (κ2) is 4.95. The van der Waals surface area contributed by atoms with E-state index in [2.05, 4.69) is 4.72 Å². The van der Waals surface area contributed by atoms with Crippen molar-refractivity contribution in [2.45, 2.75) is 50.0 Å². The highest BCUT2D eigenvalue weighted by Gasteiger charge is 2.39. The summed E-state index contributed by atoms with van der Waals surface area (Å²) in [5, 5.41) is 8.81. The van der Waals surface area contributed by atoms with Gasteiger partial charge in [-0.25, -0.2) is 13.1 Å². The fraction of sp³-hybridized carbons (Fsp3) is 0.500. The van der Waals surface area contributed by atoms with Crippen LogP contribution in [0, 0.1) is 18.3 Å². The topological polar surface area (TPSA) is 70.0 Å². The Morgan fingerprint density at radius 1 is 1.42 bits per heavy atom. The van der Waals surface area contributed by atoms with Crippen LogP contribution in [0.2, 0.25) is 0 Å². The van der Waals surface area contributed by atoms with Crippen molar-refractivity contribution in [3.05, 3.63) is 29.3 Å². The number of hydrogen-bond acceptors (Lipinski definition) is 3. The lowest BCUT2D eigenvalue weighted by molar-refractivity contribution is 0.214. The molecule has 1 aliphatic rings. The highest BCUT2D eigenvalue weighted by molar-refractivity contribution is 7.89. The minimum Gasteiger partial charge on any atom is -0.207 e. The van der Waals surface area contributed by atoms with E-state index in [4.69, 9.17) is 5.26 Å². The number of nitriles is 1. The molecule has 1 N–H and O–H groups in total. The summed E-state index contributed by atoms with van der Waals surface area (Å²) in [5.74, 6) is 0. The summed E-state index contributed by atoms with van der Waals surface area (Å²) in [6, 6.07) is 6.67. The zero-order valence-corrected chi connectivity index (χ0v) is 12.0. The predicted octanol–water partition coefficient (Wildman–Crippen LogP) is 2.48. The van der Waals surface area contributed by atoms with Gasteiger partial charge >= 0.3 is 0 Å². The van der Waals surface area contributed by atoms with Gasteiger partial charge in [0.1, 0.15) is 0 Å². The number of rotatable bonds is 4. The molecule has 0 heterocycles. The van der Waals surface area contributed by atoms with Crippen molar-refractivity contribution in [1.29, 1.82) is 5.26 Å². The van der Waals surface area contributed by atoms with Crippen LogP contribution in [0.15, 0.2) is 23.1 Å². The molecule has 0 saturated heterocycles. The van der Waals surface area contributed by atoms with Gasteiger partial charge in [0.15, 0.2) is 0 Å². The first-order chi connectivity index (χ1) is 8.92. The molecule has 2 rings (SSSR count). The largest absolute Gasteiger partial charge is 0.241 e. The Kier molecular flexibility index (Phi) is 3.66. The lowest BCUT2D eigenvalue weighted by Gasteiger charge is -2.41. The molecule has 1 saturated carbocycles. The van der Waals surface area contributed by atoms with Crippen LogP contribution in [0.3, 0.4) is 0 Å². The van der Waals surface area contributed by atoms with Gasteiger partial charge in [-0.2, -0.15) is 5.26 Å². The zero-order chi connectivity index (χ0) is 14.1. The Morgan fingerprint density at radius 3 is 2.53 bits per heavy atom. The Hall–Kier alpha value is -1.38. The van der Waals surface area contributed by atoms with Crippen molar-refractivity contribution in [2.75, 3.05) is 0 Å². The van der Waals surface area contributed by atoms with Crippen molar-refractivity contribution in [1.82, 2.24) is 4.72 Å². The van der Waals surface area contributed by atoms with Crippen LogP contribution in [0.1, 0.15) is 43.7 Å². The molecule has 0 atom stereocenters. The summed E-state index contributed by atoms with van der Waals surface area (Å²) >= 11 is 0. The fourth-order valence-electron chi connectivity index (χ4n) is 2.49. The Labute approximate surface area is 114 Å². The van der Waals surface area contributed by atoms with Gasteiger partial charge in [0.05, 0.1) is 16.5 Å². The van der Waals surface area contributed by atoms with Gasteiger partial charge in [-0.05, 0) is 56.4 Å². The average Bonchev–Trinajstić information content (AvgIpc) is 2.33. The van der Waals surface area contributed by atoms with Gasteiger partial charge in [-0.15, -0.1) is 0 Å². The smallest absolute Gasteiger partial charge is 0.207 e. The maximum atomic E-state index is 12.4. The van der Waals surface area contributed by atoms with Gasteiger partial charge in [-0.1, -0.05) is 6.92 Å². The molecular weight excluding hydrogens is 260 g/mol. The van der Waals surface area contributed by atoms with Crippen LogP contribution in [0.5, 0.6) is 0 Å². The lowest BCUT2D eigenvalue weighted by atomic mass is 9.76. The van der Waals surface area contributed by atoms with E-state index in [1.165, 1.54) is 6.07 Å². The Balaban J connectivity index is 2.32. The van der Waals surface area contributed by atoms with Crippen LogP contribution in [-0.2, 0) is 10.0 Å². The monoisotopic (exact) mass is 278 g/mol. The van der Waals surface area contributed by atoms with Gasteiger partial charge in [0.2, 0.25) is 10.0 Å². The summed E-state index contributed by atoms with van der Waals surface area (Å²) in [6.45, 7) is 3.72. The van der Waals surface area contributed by atoms with Gasteiger partial charge < -0.3 is 0 Å². The van der Waals surface area contributed by atoms with Crippen LogP contribution in [0.4, 0.5) is 0 Å². The Bertz CT molecular complexity index is 620. The van der Waals surface area contributed by atoms with Gasteiger partial charge in [0, 0.05) is 5.54 Å². The summed E-state index contributed by atoms with van der Waals surface area (Å²) in [4.78, 5) is 0.270. The highest BCUT2D eigenvalue weighted by atomic mass is 32.2. The summed E-state index contributed by atoms with van der Waals surface area (Å²) < 4.78 is 27.7. The number of aryl methyl sites for hydroxylation is 1. The third kappa shape index (κ3) is 2.65. The van der Waals surface area contributed by atoms with E-state index >= 15 is 0 Å². The summed E-state index contributed by atoms with van der Waals surface area (Å²) in [6.07, 6.45) is 3.68. The molecule has 5 heteroatoms. The minimum atomic E-state index is -3.51. The van der Waals surface area contributed by atoms with Crippen LogP contribution >= 0.6 is 0 Å². The summed E-state index contributed by atoms with van der Waals surface area (Å²) in [7, 11) is -3.51. The van der Waals surface area contributed by atoms with Gasteiger partial charge in [0.25, 0.3) is 0 Å². The van der Waals surface area contributed by atoms with E-state index in [9.17, 15) is 8.42 Å². The number of nitrogens with one attached hydrogen (secondary N) is 1. The first-order valence-corrected chi connectivity index (χ1v) is 7.95. The molecule has 0 spiro atoms. The molecule has 0 bridgehead atoms. The third-order valence-corrected chi connectivity index (χ3v) is 5.67. The second-order valence-corrected chi connectivity index (χ2v) is 6.84. The molecule has 0 unspecified atom stereocenters. The summed E-state index contributed by atoms with van der Waals surface area (Å²) in [5.41, 5.74) is 0.821. The zero-order valence-electron chi connectivity index (χ0n) is 11.2. The molecule has 4 nitrogen and oxygen atoms in total. The molecular formula is C14H18N2O2S. The Morgan fingerprint density at radius 2 is 2.11 bits per heavy atom. The number of nitrogens with zero attached hydrogens (tertiary/aromatic N) is 1. The highest BCUT2D eigenvalue weighted by Crippen LogP contribution is 2.36. The first kappa shape index (κ1) is 14.0. The molecule has 0 amide bonds. The van der Waals surface area contributed by atoms with Crippen molar-refractivity contribution < 1.29 is 8.42 Å². The molecule has 1 aromatic carbocycles. The molecule has 1 aromatic rings. The van der Waals surface area contributed by atoms with E-state index in [-0.39, 0.29) is 10.4 Å². The quantitative estimate of drug-likeness (QED) is 0.919. The number of hydrogen-bond donors (Lipinski definition) is 1. The maximum absolute atomic E-state index is 12.4. The van der Waals surface area contributed by atoms with Crippen molar-refractivity contribution in [3.63, 3.8) is 0 Å². The van der Waals surface area contributed by atoms with Crippen molar-refractivity contribution in [3.8, 4) is 6.07 Å². The lowest BCUT2D eigenvalue weighted by Crippen LogP contribution is -2.52. The van der Waals surface area contributed by atoms with E-state index in [0.29, 0.717) is 11.1 Å². The number of sulfonamides is 1. The average molecular weight is 278 g/mol. The molecule has 102 valence electrons. The minimum absolute atomic E-state index is 0.265. The van der Waals surface area contributed by atoms with Gasteiger partial charge in [-0.3, -0.25) is 0 Å². The van der Waals surface area contributed by atoms with Crippen molar-refractivity contribution >= 4 is 10.0 Å². The molecule has 1 fully saturated rings. The first-order valence-electron chi connectivity index (χ1n) is 6.47. The molecule has 1 aliphatic carbocycles. The normalized spacial score (nSPS) is 17.5. The molecule has 0 aliphatic heterocycles. The van der Waals surface area contributed by atoms with E-state index in [1.54, 1.807) is 19.1 Å². The van der Waals surface area contributed by atoms with Crippen LogP contribution in [0.25, 0.3) is 0 Å². The fourth-order valence-corrected chi connectivity index (χ4v) is 4.25. The van der Waals surface area contributed by atoms with E-state index < -0.39 is 10.0 Å². The predicted molar refractivity (Wildman–Crippen MR) is 73.1 cm³/mol. The van der Waals surface area contributed by atoms with E-state index in [0.717, 1.165) is 25.7 Å². The van der Waals surface area contributed by atoms with E-state index in [1.807, 2.05) is 13.0 Å². The third-order valence-electron chi connectivity index (χ3n) is 3.93. The maximum Gasteiger partial charge on any atom is 0.241 e.